The molecule has 2 N–H and O–H groups in total. The molecule has 0 spiro atoms. The molecule has 0 saturated carbocycles. The van der Waals surface area contributed by atoms with E-state index in [4.69, 9.17) is 0 Å². The third kappa shape index (κ3) is 9.87. The first kappa shape index (κ1) is 21.2. The number of carbonyl (C=O) groups excluding carboxylic acids is 2. The molecule has 0 heterocycles. The van der Waals surface area contributed by atoms with Crippen LogP contribution in [0.2, 0.25) is 0 Å². The maximum atomic E-state index is 12.1. The standard InChI is InChI=1S/C20H33N3O2/c1-15(2)7-6-8-17(4)21-19(24)13-23(5)14-20(25)22-18-11-9-16(3)10-12-18/h9-12,15,17H,6-8,13-14H2,1-5H3,(H,21,24)(H,22,25)/t17-/m1/s1. The lowest BCUT2D eigenvalue weighted by molar-refractivity contribution is -0.123. The SMILES string of the molecule is Cc1ccc(NC(=O)CN(C)CC(=O)N[C@H](C)CCCC(C)C)cc1. The van der Waals surface area contributed by atoms with Crippen molar-refractivity contribution in [3.05, 3.63) is 29.8 Å². The summed E-state index contributed by atoms with van der Waals surface area (Å²) in [7, 11) is 1.78. The topological polar surface area (TPSA) is 61.4 Å². The van der Waals surface area contributed by atoms with Crippen molar-refractivity contribution >= 4 is 17.5 Å². The molecule has 5 heteroatoms. The number of nitrogens with one attached hydrogen (secondary N) is 2. The first-order valence-electron chi connectivity index (χ1n) is 9.10. The molecule has 2 amide bonds. The van der Waals surface area contributed by atoms with Crippen molar-refractivity contribution in [2.24, 2.45) is 5.92 Å². The monoisotopic (exact) mass is 347 g/mol. The Balaban J connectivity index is 2.27. The largest absolute Gasteiger partial charge is 0.353 e. The van der Waals surface area contributed by atoms with Crippen LogP contribution >= 0.6 is 0 Å². The predicted molar refractivity (Wildman–Crippen MR) is 104 cm³/mol. The molecule has 25 heavy (non-hydrogen) atoms. The molecule has 1 atom stereocenters. The number of nitrogens with zero attached hydrogens (tertiary/aromatic N) is 1. The van der Waals surface area contributed by atoms with Crippen molar-refractivity contribution < 1.29 is 9.59 Å². The van der Waals surface area contributed by atoms with Gasteiger partial charge in [0.2, 0.25) is 11.8 Å². The zero-order valence-electron chi connectivity index (χ0n) is 16.3. The van der Waals surface area contributed by atoms with Gasteiger partial charge < -0.3 is 10.6 Å². The number of likely N-dealkylation sites (N-methyl/N-ethyl adjacent to an activating group) is 1. The second-order valence-corrected chi connectivity index (χ2v) is 7.38. The quantitative estimate of drug-likeness (QED) is 0.683. The molecule has 1 rings (SSSR count). The van der Waals surface area contributed by atoms with Crippen LogP contribution in [-0.2, 0) is 9.59 Å². The number of aryl methyl sites for hydroxylation is 1. The Hall–Kier alpha value is -1.88. The fourth-order valence-electron chi connectivity index (χ4n) is 2.61. The van der Waals surface area contributed by atoms with E-state index >= 15 is 0 Å². The molecule has 0 aromatic heterocycles. The molecular weight excluding hydrogens is 314 g/mol. The number of benzene rings is 1. The lowest BCUT2D eigenvalue weighted by atomic mass is 10.0. The predicted octanol–water partition coefficient (Wildman–Crippen LogP) is 3.20. The highest BCUT2D eigenvalue weighted by Crippen LogP contribution is 2.09. The van der Waals surface area contributed by atoms with Gasteiger partial charge in [-0.15, -0.1) is 0 Å². The highest BCUT2D eigenvalue weighted by atomic mass is 16.2. The summed E-state index contributed by atoms with van der Waals surface area (Å²) in [4.78, 5) is 25.8. The highest BCUT2D eigenvalue weighted by Gasteiger charge is 2.13. The van der Waals surface area contributed by atoms with E-state index in [-0.39, 0.29) is 30.9 Å². The third-order valence-corrected chi connectivity index (χ3v) is 3.99. The van der Waals surface area contributed by atoms with Gasteiger partial charge in [0.05, 0.1) is 13.1 Å². The van der Waals surface area contributed by atoms with Crippen LogP contribution in [0.5, 0.6) is 0 Å². The van der Waals surface area contributed by atoms with Crippen LogP contribution in [0.1, 0.15) is 45.6 Å². The highest BCUT2D eigenvalue weighted by molar-refractivity contribution is 5.92. The van der Waals surface area contributed by atoms with Crippen molar-refractivity contribution in [1.29, 1.82) is 0 Å². The smallest absolute Gasteiger partial charge is 0.238 e. The minimum Gasteiger partial charge on any atom is -0.353 e. The summed E-state index contributed by atoms with van der Waals surface area (Å²) in [5.74, 6) is 0.535. The maximum Gasteiger partial charge on any atom is 0.238 e. The molecule has 0 radical (unpaired) electrons. The van der Waals surface area contributed by atoms with Crippen LogP contribution in [-0.4, -0.2) is 42.9 Å². The minimum absolute atomic E-state index is 0.0392. The van der Waals surface area contributed by atoms with Crippen LogP contribution in [0.25, 0.3) is 0 Å². The number of rotatable bonds is 10. The first-order valence-corrected chi connectivity index (χ1v) is 9.10. The molecule has 1 aromatic rings. The zero-order chi connectivity index (χ0) is 18.8. The normalized spacial score (nSPS) is 12.3. The molecule has 0 fully saturated rings. The van der Waals surface area contributed by atoms with Gasteiger partial charge >= 0.3 is 0 Å². The molecule has 0 bridgehead atoms. The van der Waals surface area contributed by atoms with Crippen LogP contribution in [0.3, 0.4) is 0 Å². The zero-order valence-corrected chi connectivity index (χ0v) is 16.3. The summed E-state index contributed by atoms with van der Waals surface area (Å²) < 4.78 is 0. The fraction of sp³-hybridized carbons (Fsp3) is 0.600. The average molecular weight is 348 g/mol. The van der Waals surface area contributed by atoms with Gasteiger partial charge in [-0.2, -0.15) is 0 Å². The van der Waals surface area contributed by atoms with E-state index in [1.165, 1.54) is 6.42 Å². The Kier molecular flexibility index (Phi) is 9.21. The van der Waals surface area contributed by atoms with E-state index in [0.29, 0.717) is 5.92 Å². The van der Waals surface area contributed by atoms with Gasteiger partial charge in [0.25, 0.3) is 0 Å². The number of hydrogen-bond donors (Lipinski definition) is 2. The minimum atomic E-state index is -0.121. The van der Waals surface area contributed by atoms with Crippen molar-refractivity contribution in [3.63, 3.8) is 0 Å². The Labute approximate surface area is 152 Å². The summed E-state index contributed by atoms with van der Waals surface area (Å²) in [5, 5.41) is 5.84. The fourth-order valence-corrected chi connectivity index (χ4v) is 2.61. The van der Waals surface area contributed by atoms with Gasteiger partial charge in [0.1, 0.15) is 0 Å². The van der Waals surface area contributed by atoms with Gasteiger partial charge in [-0.05, 0) is 45.4 Å². The van der Waals surface area contributed by atoms with Gasteiger partial charge in [0, 0.05) is 11.7 Å². The van der Waals surface area contributed by atoms with Crippen molar-refractivity contribution in [3.8, 4) is 0 Å². The lowest BCUT2D eigenvalue weighted by Gasteiger charge is -2.19. The summed E-state index contributed by atoms with van der Waals surface area (Å²) in [5.41, 5.74) is 1.92. The van der Waals surface area contributed by atoms with Crippen molar-refractivity contribution in [2.45, 2.75) is 53.0 Å². The second kappa shape index (κ2) is 10.9. The van der Waals surface area contributed by atoms with Gasteiger partial charge in [0.15, 0.2) is 0 Å². The maximum absolute atomic E-state index is 12.1. The molecule has 140 valence electrons. The number of anilines is 1. The van der Waals surface area contributed by atoms with Gasteiger partial charge in [-0.1, -0.05) is 44.4 Å². The van der Waals surface area contributed by atoms with Gasteiger partial charge in [-0.3, -0.25) is 14.5 Å². The van der Waals surface area contributed by atoms with Crippen LogP contribution < -0.4 is 10.6 Å². The van der Waals surface area contributed by atoms with E-state index in [1.807, 2.05) is 38.1 Å². The van der Waals surface area contributed by atoms with E-state index in [2.05, 4.69) is 24.5 Å². The van der Waals surface area contributed by atoms with Gasteiger partial charge in [-0.25, -0.2) is 0 Å². The molecule has 0 saturated heterocycles. The van der Waals surface area contributed by atoms with Crippen LogP contribution in [0.15, 0.2) is 24.3 Å². The van der Waals surface area contributed by atoms with E-state index in [9.17, 15) is 9.59 Å². The summed E-state index contributed by atoms with van der Waals surface area (Å²) in [6.07, 6.45) is 3.29. The van der Waals surface area contributed by atoms with Crippen molar-refractivity contribution in [1.82, 2.24) is 10.2 Å². The van der Waals surface area contributed by atoms with Crippen LogP contribution in [0.4, 0.5) is 5.69 Å². The molecule has 0 unspecified atom stereocenters. The molecular formula is C20H33N3O2. The lowest BCUT2D eigenvalue weighted by Crippen LogP contribution is -2.42. The molecule has 0 aliphatic carbocycles. The number of hydrogen-bond acceptors (Lipinski definition) is 3. The Bertz CT molecular complexity index is 540. The average Bonchev–Trinajstić information content (AvgIpc) is 2.48. The molecule has 0 aliphatic heterocycles. The molecule has 5 nitrogen and oxygen atoms in total. The first-order chi connectivity index (χ1) is 11.8. The van der Waals surface area contributed by atoms with E-state index in [1.54, 1.807) is 11.9 Å². The number of carbonyl (C=O) groups is 2. The van der Waals surface area contributed by atoms with Crippen molar-refractivity contribution in [2.75, 3.05) is 25.5 Å². The molecule has 1 aromatic carbocycles. The second-order valence-electron chi connectivity index (χ2n) is 7.38. The third-order valence-electron chi connectivity index (χ3n) is 3.99. The Morgan fingerprint density at radius 2 is 1.60 bits per heavy atom. The van der Waals surface area contributed by atoms with Crippen LogP contribution in [0, 0.1) is 12.8 Å². The Morgan fingerprint density at radius 3 is 2.20 bits per heavy atom. The Morgan fingerprint density at radius 1 is 1.00 bits per heavy atom. The number of amides is 2. The van der Waals surface area contributed by atoms with E-state index in [0.717, 1.165) is 24.1 Å². The summed E-state index contributed by atoms with van der Waals surface area (Å²) in [6.45, 7) is 8.85. The molecule has 0 aliphatic rings. The summed E-state index contributed by atoms with van der Waals surface area (Å²) >= 11 is 0. The summed E-state index contributed by atoms with van der Waals surface area (Å²) in [6, 6.07) is 7.82. The van der Waals surface area contributed by atoms with E-state index < -0.39 is 0 Å².